The van der Waals surface area contributed by atoms with Crippen LogP contribution in [0.3, 0.4) is 0 Å². The number of rotatable bonds is 5. The maximum absolute atomic E-state index is 13.3. The summed E-state index contributed by atoms with van der Waals surface area (Å²) in [4.78, 5) is 30.2. The molecule has 0 aromatic carbocycles. The molecule has 4 aliphatic carbocycles. The van der Waals surface area contributed by atoms with Gasteiger partial charge in [-0.15, -0.1) is 0 Å². The van der Waals surface area contributed by atoms with E-state index < -0.39 is 6.04 Å². The smallest absolute Gasteiger partial charge is 0.248 e. The van der Waals surface area contributed by atoms with E-state index >= 15 is 0 Å². The van der Waals surface area contributed by atoms with Crippen molar-refractivity contribution in [1.29, 1.82) is 0 Å². The lowest BCUT2D eigenvalue weighted by Crippen LogP contribution is -2.57. The van der Waals surface area contributed by atoms with Gasteiger partial charge in [0.25, 0.3) is 0 Å². The number of aromatic nitrogens is 1. The van der Waals surface area contributed by atoms with Crippen LogP contribution in [0.2, 0.25) is 5.02 Å². The molecule has 2 N–H and O–H groups in total. The molecular weight excluding hydrogens is 362 g/mol. The fourth-order valence-corrected chi connectivity index (χ4v) is 5.98. The monoisotopic (exact) mass is 389 g/mol. The molecule has 1 unspecified atom stereocenters. The Balaban J connectivity index is 1.46. The highest BCUT2D eigenvalue weighted by molar-refractivity contribution is 6.30. The van der Waals surface area contributed by atoms with Crippen molar-refractivity contribution >= 4 is 29.2 Å². The molecule has 5 rings (SSSR count). The lowest BCUT2D eigenvalue weighted by atomic mass is 9.49. The Bertz CT molecular complexity index is 696. The molecule has 2 amide bonds. The van der Waals surface area contributed by atoms with Gasteiger partial charge in [-0.3, -0.25) is 9.59 Å². The number of pyridine rings is 1. The third kappa shape index (κ3) is 3.71. The summed E-state index contributed by atoms with van der Waals surface area (Å²) in [7, 11) is 0. The number of hydrogen-bond acceptors (Lipinski definition) is 3. The predicted molar refractivity (Wildman–Crippen MR) is 105 cm³/mol. The van der Waals surface area contributed by atoms with Crippen molar-refractivity contribution in [2.45, 2.75) is 58.4 Å². The van der Waals surface area contributed by atoms with Crippen molar-refractivity contribution in [1.82, 2.24) is 10.3 Å². The molecule has 146 valence electrons. The summed E-state index contributed by atoms with van der Waals surface area (Å²) >= 11 is 5.85. The first-order chi connectivity index (χ1) is 12.8. The van der Waals surface area contributed by atoms with Crippen molar-refractivity contribution in [3.63, 3.8) is 0 Å². The van der Waals surface area contributed by atoms with Gasteiger partial charge in [0.15, 0.2) is 0 Å². The molecule has 4 saturated carbocycles. The summed E-state index contributed by atoms with van der Waals surface area (Å²) in [5.41, 5.74) is -0.249. The van der Waals surface area contributed by atoms with Crippen molar-refractivity contribution in [2.75, 3.05) is 5.32 Å². The number of nitrogens with zero attached hydrogens (tertiary/aromatic N) is 1. The molecular formula is C21H28ClN3O2. The number of anilines is 1. The van der Waals surface area contributed by atoms with Gasteiger partial charge in [-0.05, 0) is 74.3 Å². The SMILES string of the molecule is CC(C)C(NC(=O)C12CC3CC(CC(C3)C1)C2)C(=O)Nc1ccc(Cl)cn1. The summed E-state index contributed by atoms with van der Waals surface area (Å²) in [5.74, 6) is 2.40. The minimum Gasteiger partial charge on any atom is -0.344 e. The van der Waals surface area contributed by atoms with Crippen LogP contribution < -0.4 is 10.6 Å². The van der Waals surface area contributed by atoms with E-state index in [1.807, 2.05) is 13.8 Å². The standard InChI is InChI=1S/C21H28ClN3O2/c1-12(2)18(19(26)24-17-4-3-16(22)11-23-17)25-20(27)21-8-13-5-14(9-21)7-15(6-13)10-21/h3-4,11-15,18H,5-10H2,1-2H3,(H,25,27)(H,23,24,26). The number of halogens is 1. The van der Waals surface area contributed by atoms with Gasteiger partial charge in [0, 0.05) is 11.6 Å². The maximum Gasteiger partial charge on any atom is 0.248 e. The summed E-state index contributed by atoms with van der Waals surface area (Å²) in [6.07, 6.45) is 8.37. The second kappa shape index (κ2) is 7.08. The molecule has 0 aliphatic heterocycles. The highest BCUT2D eigenvalue weighted by Gasteiger charge is 2.55. The third-order valence-corrected chi connectivity index (χ3v) is 6.96. The summed E-state index contributed by atoms with van der Waals surface area (Å²) in [6, 6.07) is 2.78. The molecule has 0 saturated heterocycles. The van der Waals surface area contributed by atoms with E-state index in [0.717, 1.165) is 19.3 Å². The van der Waals surface area contributed by atoms with E-state index in [2.05, 4.69) is 15.6 Å². The van der Waals surface area contributed by atoms with Crippen molar-refractivity contribution in [3.8, 4) is 0 Å². The normalized spacial score (nSPS) is 32.4. The first kappa shape index (κ1) is 18.7. The predicted octanol–water partition coefficient (Wildman–Crippen LogP) is 4.03. The topological polar surface area (TPSA) is 71.1 Å². The van der Waals surface area contributed by atoms with Crippen LogP contribution in [0.5, 0.6) is 0 Å². The highest BCUT2D eigenvalue weighted by Crippen LogP contribution is 2.60. The van der Waals surface area contributed by atoms with E-state index in [4.69, 9.17) is 11.6 Å². The molecule has 5 nitrogen and oxygen atoms in total. The first-order valence-electron chi connectivity index (χ1n) is 10.1. The second-order valence-electron chi connectivity index (χ2n) is 9.24. The zero-order valence-corrected chi connectivity index (χ0v) is 16.8. The summed E-state index contributed by atoms with van der Waals surface area (Å²) in [6.45, 7) is 3.92. The number of carbonyl (C=O) groups excluding carboxylic acids is 2. The number of hydrogen-bond donors (Lipinski definition) is 2. The van der Waals surface area contributed by atoms with E-state index in [9.17, 15) is 9.59 Å². The van der Waals surface area contributed by atoms with Crippen LogP contribution in [0.15, 0.2) is 18.3 Å². The molecule has 4 fully saturated rings. The minimum absolute atomic E-state index is 0.00448. The van der Waals surface area contributed by atoms with Crippen LogP contribution >= 0.6 is 11.6 Å². The second-order valence-corrected chi connectivity index (χ2v) is 9.68. The summed E-state index contributed by atoms with van der Waals surface area (Å²) < 4.78 is 0. The zero-order valence-electron chi connectivity index (χ0n) is 16.0. The van der Waals surface area contributed by atoms with Gasteiger partial charge in [0.2, 0.25) is 11.8 Å². The Morgan fingerprint density at radius 2 is 1.70 bits per heavy atom. The van der Waals surface area contributed by atoms with Gasteiger partial charge in [-0.2, -0.15) is 0 Å². The van der Waals surface area contributed by atoms with Gasteiger partial charge in [0.1, 0.15) is 11.9 Å². The van der Waals surface area contributed by atoms with Crippen LogP contribution in [-0.2, 0) is 9.59 Å². The first-order valence-corrected chi connectivity index (χ1v) is 10.5. The Labute approximate surface area is 165 Å². The van der Waals surface area contributed by atoms with E-state index in [1.165, 1.54) is 25.5 Å². The van der Waals surface area contributed by atoms with Crippen molar-refractivity contribution in [2.24, 2.45) is 29.1 Å². The quantitative estimate of drug-likeness (QED) is 0.798. The van der Waals surface area contributed by atoms with Crippen LogP contribution in [0.4, 0.5) is 5.82 Å². The Kier molecular flexibility index (Phi) is 4.91. The van der Waals surface area contributed by atoms with Crippen LogP contribution in [0.25, 0.3) is 0 Å². The van der Waals surface area contributed by atoms with Gasteiger partial charge < -0.3 is 10.6 Å². The molecule has 0 radical (unpaired) electrons. The zero-order chi connectivity index (χ0) is 19.2. The Morgan fingerprint density at radius 3 is 2.19 bits per heavy atom. The van der Waals surface area contributed by atoms with Crippen LogP contribution in [0, 0.1) is 29.1 Å². The average Bonchev–Trinajstić information content (AvgIpc) is 2.59. The van der Waals surface area contributed by atoms with Crippen molar-refractivity contribution < 1.29 is 9.59 Å². The van der Waals surface area contributed by atoms with E-state index in [0.29, 0.717) is 28.6 Å². The summed E-state index contributed by atoms with van der Waals surface area (Å²) in [5, 5.41) is 6.42. The fraction of sp³-hybridized carbons (Fsp3) is 0.667. The number of nitrogens with one attached hydrogen (secondary N) is 2. The highest BCUT2D eigenvalue weighted by atomic mass is 35.5. The van der Waals surface area contributed by atoms with E-state index in [-0.39, 0.29) is 23.1 Å². The molecule has 0 spiro atoms. The molecule has 1 atom stereocenters. The maximum atomic E-state index is 13.3. The largest absolute Gasteiger partial charge is 0.344 e. The lowest BCUT2D eigenvalue weighted by Gasteiger charge is -2.55. The molecule has 6 heteroatoms. The average molecular weight is 390 g/mol. The molecule has 1 aromatic rings. The molecule has 1 aromatic heterocycles. The fourth-order valence-electron chi connectivity index (χ4n) is 5.87. The molecule has 4 aliphatic rings. The third-order valence-electron chi connectivity index (χ3n) is 6.73. The molecule has 1 heterocycles. The van der Waals surface area contributed by atoms with Gasteiger partial charge >= 0.3 is 0 Å². The minimum atomic E-state index is -0.567. The number of carbonyl (C=O) groups is 2. The Hall–Kier alpha value is -1.62. The number of amides is 2. The Morgan fingerprint density at radius 1 is 1.11 bits per heavy atom. The van der Waals surface area contributed by atoms with Gasteiger partial charge in [0.05, 0.1) is 5.02 Å². The van der Waals surface area contributed by atoms with Crippen LogP contribution in [0.1, 0.15) is 52.4 Å². The lowest BCUT2D eigenvalue weighted by molar-refractivity contribution is -0.148. The molecule has 4 bridgehead atoms. The van der Waals surface area contributed by atoms with Crippen molar-refractivity contribution in [3.05, 3.63) is 23.4 Å². The van der Waals surface area contributed by atoms with Gasteiger partial charge in [-0.1, -0.05) is 25.4 Å². The van der Waals surface area contributed by atoms with Crippen LogP contribution in [-0.4, -0.2) is 22.8 Å². The van der Waals surface area contributed by atoms with Gasteiger partial charge in [-0.25, -0.2) is 4.98 Å². The molecule has 27 heavy (non-hydrogen) atoms. The van der Waals surface area contributed by atoms with E-state index in [1.54, 1.807) is 12.1 Å².